The Morgan fingerprint density at radius 3 is 2.64 bits per heavy atom. The van der Waals surface area contributed by atoms with Crippen molar-refractivity contribution in [1.82, 2.24) is 19.5 Å². The van der Waals surface area contributed by atoms with E-state index in [9.17, 15) is 10.0 Å². The predicted octanol–water partition coefficient (Wildman–Crippen LogP) is 8.55. The van der Waals surface area contributed by atoms with E-state index in [1.807, 2.05) is 12.1 Å². The smallest absolute Gasteiger partial charge is 0.344 e. The number of nitrogens with zero attached hydrogens (tertiary/aromatic N) is 4. The zero-order valence-corrected chi connectivity index (χ0v) is 26.4. The van der Waals surface area contributed by atoms with Crippen LogP contribution < -0.4 is 4.65 Å². The predicted molar refractivity (Wildman–Crippen MR) is 174 cm³/mol. The summed E-state index contributed by atoms with van der Waals surface area (Å²) in [5.41, 5.74) is 3.50. The summed E-state index contributed by atoms with van der Waals surface area (Å²) in [6.07, 6.45) is 18.4. The average Bonchev–Trinajstić information content (AvgIpc) is 3.57. The molecule has 7 nitrogen and oxygen atoms in total. The number of hydrogen-bond acceptors (Lipinski definition) is 7. The molecule has 2 atom stereocenters. The van der Waals surface area contributed by atoms with Gasteiger partial charge in [-0.05, 0) is 74.3 Å². The van der Waals surface area contributed by atoms with E-state index in [4.69, 9.17) is 9.72 Å². The lowest BCUT2D eigenvalue weighted by Crippen LogP contribution is -2.51. The van der Waals surface area contributed by atoms with Gasteiger partial charge in [0.25, 0.3) is 11.4 Å². The molecule has 1 aliphatic heterocycles. The molecule has 1 aromatic carbocycles. The molecule has 1 fully saturated rings. The van der Waals surface area contributed by atoms with E-state index in [0.29, 0.717) is 17.2 Å². The zero-order valence-electron chi connectivity index (χ0n) is 25.6. The van der Waals surface area contributed by atoms with Crippen molar-refractivity contribution in [2.45, 2.75) is 104 Å². The molecule has 0 bridgehead atoms. The Hall–Kier alpha value is -2.65. The number of carbonyl (C=O) groups excluding carboxylic acids is 1. The number of fused-ring (bicyclic) bond motifs is 1. The van der Waals surface area contributed by atoms with Crippen molar-refractivity contribution in [2.24, 2.45) is 0 Å². The minimum Gasteiger partial charge on any atom is -0.622 e. The minimum atomic E-state index is -0.890. The Morgan fingerprint density at radius 2 is 1.88 bits per heavy atom. The van der Waals surface area contributed by atoms with Gasteiger partial charge >= 0.3 is 5.97 Å². The van der Waals surface area contributed by atoms with Crippen LogP contribution in [0, 0.1) is 5.21 Å². The molecule has 2 aromatic heterocycles. The molecule has 3 heterocycles. The molecule has 1 saturated heterocycles. The van der Waals surface area contributed by atoms with Crippen LogP contribution in [0.5, 0.6) is 0 Å². The maximum Gasteiger partial charge on any atom is 0.344 e. The molecule has 42 heavy (non-hydrogen) atoms. The molecule has 0 aliphatic carbocycles. The number of esters is 1. The Kier molecular flexibility index (Phi) is 12.5. The highest BCUT2D eigenvalue weighted by Crippen LogP contribution is 2.38. The lowest BCUT2D eigenvalue weighted by atomic mass is 10.0. The number of pyridine rings is 1. The number of allylic oxidation sites excluding steroid dienone is 1. The molecule has 0 N–H and O–H groups in total. The molecule has 1 aliphatic rings. The van der Waals surface area contributed by atoms with Crippen LogP contribution in [0.4, 0.5) is 5.13 Å². The highest BCUT2D eigenvalue weighted by atomic mass is 32.1. The van der Waals surface area contributed by atoms with Crippen molar-refractivity contribution in [3.63, 3.8) is 0 Å². The van der Waals surface area contributed by atoms with Crippen LogP contribution in [0.1, 0.15) is 106 Å². The van der Waals surface area contributed by atoms with Crippen LogP contribution in [0.2, 0.25) is 0 Å². The van der Waals surface area contributed by atoms with Crippen molar-refractivity contribution >= 4 is 32.7 Å². The van der Waals surface area contributed by atoms with Gasteiger partial charge in [-0.15, -0.1) is 6.58 Å². The molecule has 4 rings (SSSR count). The quantitative estimate of drug-likeness (QED) is 0.0484. The van der Waals surface area contributed by atoms with Crippen LogP contribution >= 0.6 is 11.3 Å². The van der Waals surface area contributed by atoms with Gasteiger partial charge in [0.2, 0.25) is 0 Å². The van der Waals surface area contributed by atoms with Gasteiger partial charge in [-0.3, -0.25) is 9.63 Å². The molecule has 0 saturated carbocycles. The monoisotopic (exact) mass is 592 g/mol. The number of quaternary nitrogens is 1. The fourth-order valence-electron chi connectivity index (χ4n) is 5.68. The summed E-state index contributed by atoms with van der Waals surface area (Å²) >= 11 is 1.42. The average molecular weight is 593 g/mol. The van der Waals surface area contributed by atoms with Crippen molar-refractivity contribution < 1.29 is 9.53 Å². The van der Waals surface area contributed by atoms with Gasteiger partial charge in [0, 0.05) is 18.9 Å². The second-order valence-corrected chi connectivity index (χ2v) is 12.6. The van der Waals surface area contributed by atoms with Crippen molar-refractivity contribution in [3.8, 4) is 0 Å². The third kappa shape index (κ3) is 8.47. The fraction of sp³-hybridized carbons (Fsp3) is 0.559. The van der Waals surface area contributed by atoms with E-state index in [2.05, 4.69) is 48.5 Å². The van der Waals surface area contributed by atoms with Crippen LogP contribution in [0.25, 0.3) is 10.2 Å². The summed E-state index contributed by atoms with van der Waals surface area (Å²) in [5.74, 6) is -0.471. The van der Waals surface area contributed by atoms with E-state index in [-0.39, 0.29) is 6.67 Å². The maximum absolute atomic E-state index is 14.7. The van der Waals surface area contributed by atoms with Gasteiger partial charge in [-0.1, -0.05) is 75.9 Å². The number of aryl methyl sites for hydroxylation is 2. The summed E-state index contributed by atoms with van der Waals surface area (Å²) in [6, 6.07) is 8.26. The fourth-order valence-corrected chi connectivity index (χ4v) is 6.70. The Labute approximate surface area is 255 Å². The first-order chi connectivity index (χ1) is 20.5. The number of benzene rings is 1. The Bertz CT molecular complexity index is 1290. The van der Waals surface area contributed by atoms with Crippen molar-refractivity contribution in [1.29, 1.82) is 0 Å². The van der Waals surface area contributed by atoms with Crippen LogP contribution in [-0.2, 0) is 17.6 Å². The number of ether oxygens (including phenoxy) is 1. The molecular formula is C34H48N4O3S. The van der Waals surface area contributed by atoms with Crippen molar-refractivity contribution in [3.05, 3.63) is 71.2 Å². The number of thiazole rings is 1. The van der Waals surface area contributed by atoms with Crippen LogP contribution in [0.3, 0.4) is 0 Å². The van der Waals surface area contributed by atoms with Gasteiger partial charge in [-0.25, -0.2) is 9.69 Å². The SMILES string of the molecule is C=CCCCCN1CC(OC(=O)c2cnccc2CCCCCC)[N+]([O-])(c2nc3cc(CCCCCC)ccc3s2)C1. The van der Waals surface area contributed by atoms with E-state index < -0.39 is 16.8 Å². The van der Waals surface area contributed by atoms with Gasteiger partial charge in [-0.2, -0.15) is 4.98 Å². The lowest BCUT2D eigenvalue weighted by Gasteiger charge is -2.38. The number of rotatable bonds is 18. The standard InChI is InChI=1S/C34H48N4O3S/c1-4-7-10-13-16-27-18-19-31-30(23-27)36-34(42-31)38(40)26-37(22-15-12-9-6-3)25-32(38)41-33(39)29-24-35-21-20-28(29)17-14-11-8-5-2/h6,18-21,23-24,32H,3-5,7-17,22,25-26H2,1-2H3. The second-order valence-electron chi connectivity index (χ2n) is 11.6. The lowest BCUT2D eigenvalue weighted by molar-refractivity contribution is 0.00548. The van der Waals surface area contributed by atoms with Gasteiger partial charge < -0.3 is 9.94 Å². The highest BCUT2D eigenvalue weighted by molar-refractivity contribution is 7.22. The molecule has 2 unspecified atom stereocenters. The topological polar surface area (TPSA) is 78.4 Å². The number of hydrogen-bond donors (Lipinski definition) is 0. The number of unbranched alkanes of at least 4 members (excludes halogenated alkanes) is 8. The highest BCUT2D eigenvalue weighted by Gasteiger charge is 2.46. The number of carbonyl (C=O) groups is 1. The molecule has 8 heteroatoms. The Balaban J connectivity index is 1.54. The maximum atomic E-state index is 14.7. The largest absolute Gasteiger partial charge is 0.622 e. The van der Waals surface area contributed by atoms with Crippen molar-refractivity contribution in [2.75, 3.05) is 19.8 Å². The normalized spacial score (nSPS) is 19.0. The minimum absolute atomic E-state index is 0.215. The van der Waals surface area contributed by atoms with E-state index in [0.717, 1.165) is 80.1 Å². The van der Waals surface area contributed by atoms with E-state index >= 15 is 0 Å². The molecule has 0 radical (unpaired) electrons. The van der Waals surface area contributed by atoms with Gasteiger partial charge in [0.15, 0.2) is 0 Å². The first kappa shape index (κ1) is 32.3. The number of aromatic nitrogens is 2. The van der Waals surface area contributed by atoms with Crippen LogP contribution in [-0.4, -0.2) is 46.8 Å². The molecule has 0 amide bonds. The third-order valence-corrected chi connectivity index (χ3v) is 9.33. The summed E-state index contributed by atoms with van der Waals surface area (Å²) in [5, 5.41) is 15.1. The molecular weight excluding hydrogens is 544 g/mol. The molecule has 0 spiro atoms. The third-order valence-electron chi connectivity index (χ3n) is 8.18. The first-order valence-electron chi connectivity index (χ1n) is 15.9. The summed E-state index contributed by atoms with van der Waals surface area (Å²) in [4.78, 5) is 24.7. The summed E-state index contributed by atoms with van der Waals surface area (Å²) in [6.45, 7) is 9.59. The molecule has 228 valence electrons. The summed E-state index contributed by atoms with van der Waals surface area (Å²) in [7, 11) is 0. The molecule has 3 aromatic rings. The van der Waals surface area contributed by atoms with E-state index in [1.54, 1.807) is 12.4 Å². The summed E-state index contributed by atoms with van der Waals surface area (Å²) < 4.78 is 6.30. The Morgan fingerprint density at radius 1 is 1.10 bits per heavy atom. The second kappa shape index (κ2) is 16.3. The van der Waals surface area contributed by atoms with E-state index in [1.165, 1.54) is 42.6 Å². The van der Waals surface area contributed by atoms with Crippen LogP contribution in [0.15, 0.2) is 49.3 Å². The van der Waals surface area contributed by atoms with Gasteiger partial charge in [0.1, 0.15) is 6.67 Å². The first-order valence-corrected chi connectivity index (χ1v) is 16.8. The number of hydroxylamine groups is 2. The zero-order chi connectivity index (χ0) is 29.8. The van der Waals surface area contributed by atoms with Gasteiger partial charge in [0.05, 0.1) is 22.3 Å².